The average Bonchev–Trinajstić information content (AvgIpc) is 2.24. The van der Waals surface area contributed by atoms with Gasteiger partial charge in [-0.15, -0.1) is 0 Å². The van der Waals surface area contributed by atoms with Gasteiger partial charge in [0, 0.05) is 13.2 Å². The van der Waals surface area contributed by atoms with Gasteiger partial charge in [0.2, 0.25) is 10.0 Å². The summed E-state index contributed by atoms with van der Waals surface area (Å²) >= 11 is 0. The molecule has 6 heteroatoms. The van der Waals surface area contributed by atoms with Crippen molar-refractivity contribution in [3.05, 3.63) is 23.8 Å². The SMILES string of the molecule is Cc1ccc(S(=O)(=O)NCCCCO)c(N)c1. The van der Waals surface area contributed by atoms with E-state index >= 15 is 0 Å². The zero-order valence-corrected chi connectivity index (χ0v) is 10.6. The molecule has 0 amide bonds. The zero-order valence-electron chi connectivity index (χ0n) is 9.81. The maximum absolute atomic E-state index is 11.9. The van der Waals surface area contributed by atoms with Gasteiger partial charge in [-0.05, 0) is 37.5 Å². The monoisotopic (exact) mass is 258 g/mol. The lowest BCUT2D eigenvalue weighted by molar-refractivity contribution is 0.285. The molecule has 0 bridgehead atoms. The number of hydrogen-bond donors (Lipinski definition) is 3. The number of nitrogen functional groups attached to an aromatic ring is 1. The highest BCUT2D eigenvalue weighted by Crippen LogP contribution is 2.19. The molecule has 0 aliphatic rings. The van der Waals surface area contributed by atoms with E-state index < -0.39 is 10.0 Å². The summed E-state index contributed by atoms with van der Waals surface area (Å²) in [6, 6.07) is 4.83. The molecule has 0 aliphatic carbocycles. The first kappa shape index (κ1) is 14.0. The minimum absolute atomic E-state index is 0.0639. The van der Waals surface area contributed by atoms with Crippen molar-refractivity contribution in [1.82, 2.24) is 4.72 Å². The van der Waals surface area contributed by atoms with Crippen molar-refractivity contribution < 1.29 is 13.5 Å². The van der Waals surface area contributed by atoms with Gasteiger partial charge in [0.25, 0.3) is 0 Å². The molecule has 4 N–H and O–H groups in total. The highest BCUT2D eigenvalue weighted by atomic mass is 32.2. The first-order valence-corrected chi connectivity index (χ1v) is 6.92. The van der Waals surface area contributed by atoms with Crippen LogP contribution in [0.4, 0.5) is 5.69 Å². The van der Waals surface area contributed by atoms with Crippen LogP contribution in [0.1, 0.15) is 18.4 Å². The van der Waals surface area contributed by atoms with Crippen LogP contribution < -0.4 is 10.5 Å². The van der Waals surface area contributed by atoms with Crippen molar-refractivity contribution in [2.24, 2.45) is 0 Å². The number of hydrogen-bond acceptors (Lipinski definition) is 4. The van der Waals surface area contributed by atoms with E-state index in [0.29, 0.717) is 19.4 Å². The summed E-state index contributed by atoms with van der Waals surface area (Å²) in [6.07, 6.45) is 1.17. The summed E-state index contributed by atoms with van der Waals surface area (Å²) in [5, 5.41) is 8.59. The van der Waals surface area contributed by atoms with Crippen LogP contribution >= 0.6 is 0 Å². The number of unbranched alkanes of at least 4 members (excludes halogenated alkanes) is 1. The fraction of sp³-hybridized carbons (Fsp3) is 0.455. The summed E-state index contributed by atoms with van der Waals surface area (Å²) in [4.78, 5) is 0.104. The molecule has 0 heterocycles. The molecular weight excluding hydrogens is 240 g/mol. The number of benzene rings is 1. The van der Waals surface area contributed by atoms with E-state index in [1.807, 2.05) is 6.92 Å². The van der Waals surface area contributed by atoms with Crippen LogP contribution in [-0.2, 0) is 10.0 Å². The molecule has 0 spiro atoms. The van der Waals surface area contributed by atoms with Gasteiger partial charge in [-0.1, -0.05) is 6.07 Å². The Labute approximate surface area is 102 Å². The van der Waals surface area contributed by atoms with E-state index in [0.717, 1.165) is 5.56 Å². The van der Waals surface area contributed by atoms with E-state index in [4.69, 9.17) is 10.8 Å². The van der Waals surface area contributed by atoms with Gasteiger partial charge < -0.3 is 10.8 Å². The molecule has 0 saturated carbocycles. The second kappa shape index (κ2) is 6.00. The number of nitrogens with two attached hydrogens (primary N) is 1. The molecule has 0 aromatic heterocycles. The molecule has 1 rings (SSSR count). The number of anilines is 1. The molecular formula is C11H18N2O3S. The molecule has 5 nitrogen and oxygen atoms in total. The Kier molecular flexibility index (Phi) is 4.92. The lowest BCUT2D eigenvalue weighted by Crippen LogP contribution is -2.25. The molecule has 1 aromatic carbocycles. The molecule has 0 radical (unpaired) electrons. The Bertz CT molecular complexity index is 472. The fourth-order valence-corrected chi connectivity index (χ4v) is 2.62. The minimum atomic E-state index is -3.54. The normalized spacial score (nSPS) is 11.6. The third kappa shape index (κ3) is 3.99. The highest BCUT2D eigenvalue weighted by molar-refractivity contribution is 7.89. The number of nitrogens with one attached hydrogen (secondary N) is 1. The Balaban J connectivity index is 2.76. The van der Waals surface area contributed by atoms with E-state index in [9.17, 15) is 8.42 Å². The summed E-state index contributed by atoms with van der Waals surface area (Å²) < 4.78 is 26.2. The average molecular weight is 258 g/mol. The molecule has 0 fully saturated rings. The third-order valence-electron chi connectivity index (χ3n) is 2.33. The lowest BCUT2D eigenvalue weighted by atomic mass is 10.2. The number of aryl methyl sites for hydroxylation is 1. The quantitative estimate of drug-likeness (QED) is 0.515. The minimum Gasteiger partial charge on any atom is -0.398 e. The van der Waals surface area contributed by atoms with Crippen LogP contribution in [0.5, 0.6) is 0 Å². The van der Waals surface area contributed by atoms with Crippen molar-refractivity contribution in [3.63, 3.8) is 0 Å². The number of aliphatic hydroxyl groups excluding tert-OH is 1. The summed E-state index contributed by atoms with van der Waals surface area (Å²) in [7, 11) is -3.54. The number of aliphatic hydroxyl groups is 1. The summed E-state index contributed by atoms with van der Waals surface area (Å²) in [6.45, 7) is 2.21. The van der Waals surface area contributed by atoms with Crippen molar-refractivity contribution >= 4 is 15.7 Å². The largest absolute Gasteiger partial charge is 0.398 e. The molecule has 0 atom stereocenters. The van der Waals surface area contributed by atoms with E-state index in [2.05, 4.69) is 4.72 Å². The van der Waals surface area contributed by atoms with Gasteiger partial charge >= 0.3 is 0 Å². The van der Waals surface area contributed by atoms with E-state index in [1.54, 1.807) is 12.1 Å². The van der Waals surface area contributed by atoms with Gasteiger partial charge in [0.15, 0.2) is 0 Å². The fourth-order valence-electron chi connectivity index (χ4n) is 1.43. The zero-order chi connectivity index (χ0) is 12.9. The van der Waals surface area contributed by atoms with Crippen LogP contribution in [0.15, 0.2) is 23.1 Å². The maximum Gasteiger partial charge on any atom is 0.242 e. The second-order valence-corrected chi connectivity index (χ2v) is 5.61. The number of rotatable bonds is 6. The van der Waals surface area contributed by atoms with E-state index in [-0.39, 0.29) is 17.2 Å². The molecule has 0 saturated heterocycles. The number of sulfonamides is 1. The Morgan fingerprint density at radius 2 is 2.06 bits per heavy atom. The van der Waals surface area contributed by atoms with Crippen molar-refractivity contribution in [2.45, 2.75) is 24.7 Å². The first-order chi connectivity index (χ1) is 7.97. The maximum atomic E-state index is 11.9. The van der Waals surface area contributed by atoms with Gasteiger partial charge in [0.05, 0.1) is 5.69 Å². The standard InChI is InChI=1S/C11H18N2O3S/c1-9-4-5-11(10(12)8-9)17(15,16)13-6-2-3-7-14/h4-5,8,13-14H,2-3,6-7,12H2,1H3. The smallest absolute Gasteiger partial charge is 0.242 e. The van der Waals surface area contributed by atoms with Crippen LogP contribution in [-0.4, -0.2) is 26.7 Å². The Morgan fingerprint density at radius 1 is 1.35 bits per heavy atom. The Hall–Kier alpha value is -1.11. The van der Waals surface area contributed by atoms with Crippen LogP contribution in [0, 0.1) is 6.92 Å². The van der Waals surface area contributed by atoms with Gasteiger partial charge in [-0.25, -0.2) is 13.1 Å². The highest BCUT2D eigenvalue weighted by Gasteiger charge is 2.16. The Morgan fingerprint density at radius 3 is 2.65 bits per heavy atom. The lowest BCUT2D eigenvalue weighted by Gasteiger charge is -2.09. The topological polar surface area (TPSA) is 92.4 Å². The van der Waals surface area contributed by atoms with Gasteiger partial charge in [-0.3, -0.25) is 0 Å². The van der Waals surface area contributed by atoms with E-state index in [1.165, 1.54) is 6.07 Å². The van der Waals surface area contributed by atoms with Crippen LogP contribution in [0.3, 0.4) is 0 Å². The molecule has 17 heavy (non-hydrogen) atoms. The van der Waals surface area contributed by atoms with Crippen LogP contribution in [0.25, 0.3) is 0 Å². The molecule has 96 valence electrons. The summed E-state index contributed by atoms with van der Waals surface area (Å²) in [5.74, 6) is 0. The van der Waals surface area contributed by atoms with Crippen LogP contribution in [0.2, 0.25) is 0 Å². The van der Waals surface area contributed by atoms with Crippen molar-refractivity contribution in [2.75, 3.05) is 18.9 Å². The predicted octanol–water partition coefficient (Wildman–Crippen LogP) is 0.628. The second-order valence-electron chi connectivity index (χ2n) is 3.87. The molecule has 0 unspecified atom stereocenters. The summed E-state index contributed by atoms with van der Waals surface area (Å²) in [5.41, 5.74) is 6.85. The molecule has 1 aromatic rings. The van der Waals surface area contributed by atoms with Gasteiger partial charge in [0.1, 0.15) is 4.90 Å². The molecule has 0 aliphatic heterocycles. The predicted molar refractivity (Wildman–Crippen MR) is 67.1 cm³/mol. The van der Waals surface area contributed by atoms with Crippen molar-refractivity contribution in [1.29, 1.82) is 0 Å². The third-order valence-corrected chi connectivity index (χ3v) is 3.87. The van der Waals surface area contributed by atoms with Crippen molar-refractivity contribution in [3.8, 4) is 0 Å². The van der Waals surface area contributed by atoms with Gasteiger partial charge in [-0.2, -0.15) is 0 Å². The first-order valence-electron chi connectivity index (χ1n) is 5.44.